The fraction of sp³-hybridized carbons (Fsp3) is 0.444. The zero-order valence-electron chi connectivity index (χ0n) is 20.2. The summed E-state index contributed by atoms with van der Waals surface area (Å²) < 4.78 is 10.7. The van der Waals surface area contributed by atoms with Gasteiger partial charge in [0.15, 0.2) is 11.5 Å². The lowest BCUT2D eigenvalue weighted by Crippen LogP contribution is -2.44. The zero-order valence-corrected chi connectivity index (χ0v) is 20.2. The van der Waals surface area contributed by atoms with Gasteiger partial charge in [0.25, 0.3) is 0 Å². The molecular formula is C27H31N3O5. The van der Waals surface area contributed by atoms with Crippen LogP contribution in [0.5, 0.6) is 11.5 Å². The highest BCUT2D eigenvalue weighted by Crippen LogP contribution is 2.35. The second-order valence-corrected chi connectivity index (χ2v) is 9.81. The van der Waals surface area contributed by atoms with Crippen LogP contribution in [0, 0.1) is 11.8 Å². The molecule has 0 spiro atoms. The van der Waals surface area contributed by atoms with Gasteiger partial charge in [-0.25, -0.2) is 0 Å². The third-order valence-electron chi connectivity index (χ3n) is 7.14. The Bertz CT molecular complexity index is 1140. The van der Waals surface area contributed by atoms with Gasteiger partial charge in [0.1, 0.15) is 0 Å². The minimum absolute atomic E-state index is 0.00972. The highest BCUT2D eigenvalue weighted by molar-refractivity contribution is 6.00. The molecule has 35 heavy (non-hydrogen) atoms. The molecule has 2 fully saturated rings. The molecule has 3 amide bonds. The summed E-state index contributed by atoms with van der Waals surface area (Å²) in [5.41, 5.74) is 2.70. The molecule has 0 aliphatic carbocycles. The second-order valence-electron chi connectivity index (χ2n) is 9.81. The van der Waals surface area contributed by atoms with E-state index in [1.807, 2.05) is 23.1 Å². The van der Waals surface area contributed by atoms with E-state index < -0.39 is 0 Å². The first-order chi connectivity index (χ1) is 16.9. The van der Waals surface area contributed by atoms with Crippen LogP contribution in [0.4, 0.5) is 11.4 Å². The summed E-state index contributed by atoms with van der Waals surface area (Å²) >= 11 is 0. The number of benzene rings is 2. The van der Waals surface area contributed by atoms with E-state index in [4.69, 9.17) is 9.47 Å². The van der Waals surface area contributed by atoms with Gasteiger partial charge in [0.2, 0.25) is 24.5 Å². The van der Waals surface area contributed by atoms with Gasteiger partial charge in [0.05, 0.1) is 5.92 Å². The van der Waals surface area contributed by atoms with Gasteiger partial charge in [-0.05, 0) is 48.6 Å². The van der Waals surface area contributed by atoms with Crippen molar-refractivity contribution in [2.24, 2.45) is 11.8 Å². The summed E-state index contributed by atoms with van der Waals surface area (Å²) in [6, 6.07) is 13.3. The fourth-order valence-corrected chi connectivity index (χ4v) is 5.01. The van der Waals surface area contributed by atoms with Crippen molar-refractivity contribution in [1.82, 2.24) is 4.90 Å². The smallest absolute Gasteiger partial charge is 0.231 e. The van der Waals surface area contributed by atoms with Crippen LogP contribution in [0.25, 0.3) is 0 Å². The third-order valence-corrected chi connectivity index (χ3v) is 7.14. The number of carbonyl (C=O) groups is 3. The van der Waals surface area contributed by atoms with Gasteiger partial charge < -0.3 is 24.6 Å². The average Bonchev–Trinajstić information content (AvgIpc) is 3.50. The van der Waals surface area contributed by atoms with Crippen molar-refractivity contribution in [1.29, 1.82) is 0 Å². The topological polar surface area (TPSA) is 88.2 Å². The van der Waals surface area contributed by atoms with E-state index in [0.29, 0.717) is 55.6 Å². The molecule has 2 saturated heterocycles. The molecular weight excluding hydrogens is 446 g/mol. The first-order valence-corrected chi connectivity index (χ1v) is 12.3. The number of ether oxygens (including phenoxy) is 2. The Balaban J connectivity index is 1.15. The highest BCUT2D eigenvalue weighted by atomic mass is 16.7. The molecule has 2 aromatic rings. The second kappa shape index (κ2) is 9.60. The van der Waals surface area contributed by atoms with Gasteiger partial charge in [-0.1, -0.05) is 26.0 Å². The lowest BCUT2D eigenvalue weighted by molar-refractivity contribution is -0.138. The predicted molar refractivity (Wildman–Crippen MR) is 131 cm³/mol. The minimum Gasteiger partial charge on any atom is -0.454 e. The Morgan fingerprint density at radius 3 is 2.54 bits per heavy atom. The predicted octanol–water partition coefficient (Wildman–Crippen LogP) is 3.77. The fourth-order valence-electron chi connectivity index (χ4n) is 5.01. The van der Waals surface area contributed by atoms with Crippen molar-refractivity contribution in [3.8, 4) is 11.5 Å². The van der Waals surface area contributed by atoms with Crippen LogP contribution in [0.1, 0.15) is 44.6 Å². The van der Waals surface area contributed by atoms with Crippen LogP contribution in [0.2, 0.25) is 0 Å². The van der Waals surface area contributed by atoms with Gasteiger partial charge in [-0.15, -0.1) is 0 Å². The molecule has 0 radical (unpaired) electrons. The van der Waals surface area contributed by atoms with Crippen molar-refractivity contribution in [3.63, 3.8) is 0 Å². The number of nitrogens with one attached hydrogen (secondary N) is 1. The molecule has 8 nitrogen and oxygen atoms in total. The van der Waals surface area contributed by atoms with E-state index in [1.165, 1.54) is 5.56 Å². The van der Waals surface area contributed by atoms with Gasteiger partial charge in [0, 0.05) is 49.4 Å². The molecule has 5 rings (SSSR count). The van der Waals surface area contributed by atoms with Gasteiger partial charge >= 0.3 is 0 Å². The molecule has 0 saturated carbocycles. The quantitative estimate of drug-likeness (QED) is 0.708. The van der Waals surface area contributed by atoms with Crippen LogP contribution in [-0.2, 0) is 14.4 Å². The molecule has 0 bridgehead atoms. The maximum Gasteiger partial charge on any atom is 0.231 e. The number of carbonyl (C=O) groups excluding carboxylic acids is 3. The molecule has 1 unspecified atom stereocenters. The molecule has 8 heteroatoms. The molecule has 3 aliphatic heterocycles. The Labute approximate surface area is 205 Å². The number of likely N-dealkylation sites (tertiary alicyclic amines) is 1. The summed E-state index contributed by atoms with van der Waals surface area (Å²) in [5.74, 6) is 1.11. The first-order valence-electron chi connectivity index (χ1n) is 12.3. The molecule has 3 heterocycles. The Hall–Kier alpha value is -3.55. The lowest BCUT2D eigenvalue weighted by Gasteiger charge is -2.33. The highest BCUT2D eigenvalue weighted by Gasteiger charge is 2.38. The molecule has 1 N–H and O–H groups in total. The number of rotatable bonds is 5. The summed E-state index contributed by atoms with van der Waals surface area (Å²) in [6.07, 6.45) is 1.43. The zero-order chi connectivity index (χ0) is 24.5. The van der Waals surface area contributed by atoms with Gasteiger partial charge in [-0.2, -0.15) is 0 Å². The maximum atomic E-state index is 13.2. The Kier molecular flexibility index (Phi) is 6.36. The summed E-state index contributed by atoms with van der Waals surface area (Å²) in [5, 5.41) is 2.95. The molecule has 184 valence electrons. The third kappa shape index (κ3) is 4.83. The molecule has 2 aromatic carbocycles. The number of anilines is 2. The van der Waals surface area contributed by atoms with E-state index >= 15 is 0 Å². The van der Waals surface area contributed by atoms with Crippen LogP contribution >= 0.6 is 0 Å². The van der Waals surface area contributed by atoms with Crippen LogP contribution < -0.4 is 19.7 Å². The van der Waals surface area contributed by atoms with Crippen molar-refractivity contribution < 1.29 is 23.9 Å². The summed E-state index contributed by atoms with van der Waals surface area (Å²) in [4.78, 5) is 42.3. The largest absolute Gasteiger partial charge is 0.454 e. The number of piperidine rings is 1. The van der Waals surface area contributed by atoms with E-state index in [0.717, 1.165) is 5.69 Å². The number of fused-ring (bicyclic) bond motifs is 1. The number of amides is 3. The minimum atomic E-state index is -0.343. The normalized spacial score (nSPS) is 20.0. The monoisotopic (exact) mass is 477 g/mol. The lowest BCUT2D eigenvalue weighted by atomic mass is 9.94. The number of nitrogens with zero attached hydrogens (tertiary/aromatic N) is 2. The first kappa shape index (κ1) is 23.2. The summed E-state index contributed by atoms with van der Waals surface area (Å²) in [6.45, 7) is 5.88. The Morgan fingerprint density at radius 2 is 1.77 bits per heavy atom. The van der Waals surface area contributed by atoms with Crippen LogP contribution in [-0.4, -0.2) is 49.0 Å². The van der Waals surface area contributed by atoms with E-state index in [1.54, 1.807) is 23.1 Å². The SMILES string of the molecule is CC(C)c1cccc(N2CC(C(=O)N3CCC(C(=O)Nc4ccc5c(c4)OCO5)CC3)CC2=O)c1. The molecule has 0 aromatic heterocycles. The van der Waals surface area contributed by atoms with Crippen molar-refractivity contribution >= 4 is 29.1 Å². The maximum absolute atomic E-state index is 13.2. The molecule has 3 aliphatic rings. The van der Waals surface area contributed by atoms with E-state index in [2.05, 4.69) is 25.2 Å². The van der Waals surface area contributed by atoms with E-state index in [-0.39, 0.29) is 42.8 Å². The standard InChI is InChI=1S/C27H31N3O5/c1-17(2)19-4-3-5-22(12-19)30-15-20(13-25(30)31)27(33)29-10-8-18(9-11-29)26(32)28-21-6-7-23-24(14-21)35-16-34-23/h3-7,12,14,17-18,20H,8-11,13,15-16H2,1-2H3,(H,28,32). The Morgan fingerprint density at radius 1 is 1.00 bits per heavy atom. The van der Waals surface area contributed by atoms with E-state index in [9.17, 15) is 14.4 Å². The number of hydrogen-bond donors (Lipinski definition) is 1. The molecule has 1 atom stereocenters. The average molecular weight is 478 g/mol. The van der Waals surface area contributed by atoms with Crippen molar-refractivity contribution in [2.75, 3.05) is 36.6 Å². The van der Waals surface area contributed by atoms with Crippen LogP contribution in [0.15, 0.2) is 42.5 Å². The number of hydrogen-bond acceptors (Lipinski definition) is 5. The summed E-state index contributed by atoms with van der Waals surface area (Å²) in [7, 11) is 0. The van der Waals surface area contributed by atoms with Gasteiger partial charge in [-0.3, -0.25) is 14.4 Å². The van der Waals surface area contributed by atoms with Crippen LogP contribution in [0.3, 0.4) is 0 Å². The van der Waals surface area contributed by atoms with Crippen molar-refractivity contribution in [3.05, 3.63) is 48.0 Å². The van der Waals surface area contributed by atoms with Crippen molar-refractivity contribution in [2.45, 2.75) is 39.0 Å².